The summed E-state index contributed by atoms with van der Waals surface area (Å²) in [5, 5.41) is 3.60. The molecule has 0 radical (unpaired) electrons. The minimum Gasteiger partial charge on any atom is -0.299 e. The molecule has 0 atom stereocenters. The zero-order valence-electron chi connectivity index (χ0n) is 13.0. The lowest BCUT2D eigenvalue weighted by molar-refractivity contribution is -0.144. The van der Waals surface area contributed by atoms with Crippen LogP contribution in [0.2, 0.25) is 0 Å². The molecule has 132 valence electrons. The summed E-state index contributed by atoms with van der Waals surface area (Å²) in [4.78, 5) is 23.6. The number of alkyl halides is 3. The molecule has 0 saturated carbocycles. The van der Waals surface area contributed by atoms with Crippen LogP contribution in [-0.4, -0.2) is 14.3 Å². The van der Waals surface area contributed by atoms with Gasteiger partial charge in [-0.1, -0.05) is 11.3 Å². The van der Waals surface area contributed by atoms with Crippen molar-refractivity contribution in [3.05, 3.63) is 49.6 Å². The molecule has 0 saturated heterocycles. The summed E-state index contributed by atoms with van der Waals surface area (Å²) in [6, 6.07) is 2.73. The summed E-state index contributed by atoms with van der Waals surface area (Å²) in [5.41, 5.74) is -2.58. The first kappa shape index (κ1) is 17.3. The second kappa shape index (κ2) is 5.80. The standard InChI is InChI=1S/C15H11F4N3O2S/c1-3-22-9-4-7(8(16)5-11(9)25-14(22)24)13-10(23)6-12(15(17,18)19)21(2)20-13/h4-6H,3H2,1-2H3. The van der Waals surface area contributed by atoms with Crippen molar-refractivity contribution in [1.29, 1.82) is 0 Å². The van der Waals surface area contributed by atoms with Gasteiger partial charge in [0.2, 0.25) is 5.43 Å². The minimum atomic E-state index is -4.75. The largest absolute Gasteiger partial charge is 0.433 e. The average molecular weight is 373 g/mol. The second-order valence-electron chi connectivity index (χ2n) is 5.28. The van der Waals surface area contributed by atoms with Crippen LogP contribution in [-0.2, 0) is 19.8 Å². The number of halogens is 4. The van der Waals surface area contributed by atoms with Crippen molar-refractivity contribution < 1.29 is 17.6 Å². The average Bonchev–Trinajstić information content (AvgIpc) is 2.81. The quantitative estimate of drug-likeness (QED) is 0.649. The van der Waals surface area contributed by atoms with Crippen LogP contribution >= 0.6 is 11.3 Å². The molecule has 0 amide bonds. The van der Waals surface area contributed by atoms with Gasteiger partial charge in [0.15, 0.2) is 0 Å². The predicted octanol–water partition coefficient (Wildman–Crippen LogP) is 3.00. The first-order valence-electron chi connectivity index (χ1n) is 7.12. The molecule has 0 fully saturated rings. The van der Waals surface area contributed by atoms with Crippen molar-refractivity contribution in [1.82, 2.24) is 14.3 Å². The molecule has 0 aliphatic heterocycles. The van der Waals surface area contributed by atoms with E-state index in [0.717, 1.165) is 24.5 Å². The molecule has 5 nitrogen and oxygen atoms in total. The van der Waals surface area contributed by atoms with Crippen LogP contribution < -0.4 is 10.3 Å². The molecule has 25 heavy (non-hydrogen) atoms. The summed E-state index contributed by atoms with van der Waals surface area (Å²) >= 11 is 0.849. The summed E-state index contributed by atoms with van der Waals surface area (Å²) in [5.74, 6) is -0.832. The van der Waals surface area contributed by atoms with Gasteiger partial charge in [-0.2, -0.15) is 18.3 Å². The van der Waals surface area contributed by atoms with Crippen molar-refractivity contribution in [2.24, 2.45) is 7.05 Å². The fourth-order valence-electron chi connectivity index (χ4n) is 2.56. The molecule has 0 N–H and O–H groups in total. The van der Waals surface area contributed by atoms with Crippen LogP contribution in [0.25, 0.3) is 21.5 Å². The monoisotopic (exact) mass is 373 g/mol. The third-order valence-corrected chi connectivity index (χ3v) is 4.66. The Morgan fingerprint density at radius 2 is 1.88 bits per heavy atom. The van der Waals surface area contributed by atoms with Crippen molar-refractivity contribution >= 4 is 21.6 Å². The fourth-order valence-corrected chi connectivity index (χ4v) is 3.52. The van der Waals surface area contributed by atoms with E-state index in [9.17, 15) is 27.2 Å². The van der Waals surface area contributed by atoms with Crippen LogP contribution in [0.4, 0.5) is 17.6 Å². The third kappa shape index (κ3) is 2.86. The highest BCUT2D eigenvalue weighted by atomic mass is 32.1. The number of aromatic nitrogens is 3. The number of hydrogen-bond acceptors (Lipinski definition) is 4. The van der Waals surface area contributed by atoms with Crippen molar-refractivity contribution in [2.75, 3.05) is 0 Å². The van der Waals surface area contributed by atoms with Crippen LogP contribution in [0, 0.1) is 5.82 Å². The van der Waals surface area contributed by atoms with Crippen LogP contribution in [0.1, 0.15) is 12.6 Å². The molecule has 2 aromatic heterocycles. The van der Waals surface area contributed by atoms with E-state index in [1.807, 2.05) is 0 Å². The maximum absolute atomic E-state index is 14.4. The molecule has 0 aliphatic carbocycles. The Labute approximate surface area is 141 Å². The maximum atomic E-state index is 14.4. The molecule has 3 rings (SSSR count). The Balaban J connectivity index is 2.30. The van der Waals surface area contributed by atoms with Gasteiger partial charge >= 0.3 is 11.0 Å². The molecular weight excluding hydrogens is 362 g/mol. The summed E-state index contributed by atoms with van der Waals surface area (Å²) in [7, 11) is 1.02. The van der Waals surface area contributed by atoms with E-state index < -0.39 is 28.8 Å². The molecule has 0 bridgehead atoms. The number of thiazole rings is 1. The van der Waals surface area contributed by atoms with E-state index in [1.54, 1.807) is 6.92 Å². The van der Waals surface area contributed by atoms with E-state index in [0.29, 0.717) is 27.5 Å². The number of fused-ring (bicyclic) bond motifs is 1. The highest BCUT2D eigenvalue weighted by Gasteiger charge is 2.34. The smallest absolute Gasteiger partial charge is 0.299 e. The molecule has 0 spiro atoms. The zero-order chi connectivity index (χ0) is 18.5. The van der Waals surface area contributed by atoms with Gasteiger partial charge in [0.1, 0.15) is 17.2 Å². The van der Waals surface area contributed by atoms with Crippen LogP contribution in [0.3, 0.4) is 0 Å². The van der Waals surface area contributed by atoms with Gasteiger partial charge in [0.25, 0.3) is 0 Å². The predicted molar refractivity (Wildman–Crippen MR) is 85.2 cm³/mol. The minimum absolute atomic E-state index is 0.248. The first-order valence-corrected chi connectivity index (χ1v) is 7.94. The van der Waals surface area contributed by atoms with Gasteiger partial charge in [-0.05, 0) is 19.1 Å². The molecule has 10 heteroatoms. The van der Waals surface area contributed by atoms with E-state index in [4.69, 9.17) is 0 Å². The molecule has 1 aromatic carbocycles. The molecule has 0 aliphatic rings. The van der Waals surface area contributed by atoms with E-state index in [2.05, 4.69) is 5.10 Å². The lowest BCUT2D eigenvalue weighted by Crippen LogP contribution is -2.22. The lowest BCUT2D eigenvalue weighted by atomic mass is 10.1. The van der Waals surface area contributed by atoms with Crippen molar-refractivity contribution in [2.45, 2.75) is 19.6 Å². The zero-order valence-corrected chi connectivity index (χ0v) is 13.8. The van der Waals surface area contributed by atoms with Crippen molar-refractivity contribution in [3.8, 4) is 11.3 Å². The highest BCUT2D eigenvalue weighted by molar-refractivity contribution is 7.16. The number of benzene rings is 1. The second-order valence-corrected chi connectivity index (χ2v) is 6.27. The molecule has 0 unspecified atom stereocenters. The van der Waals surface area contributed by atoms with Gasteiger partial charge < -0.3 is 0 Å². The van der Waals surface area contributed by atoms with E-state index in [-0.39, 0.29) is 10.4 Å². The SMILES string of the molecule is CCn1c(=O)sc2cc(F)c(-c3nn(C)c(C(F)(F)F)cc3=O)cc21. The lowest BCUT2D eigenvalue weighted by Gasteiger charge is -2.12. The summed E-state index contributed by atoms with van der Waals surface area (Å²) in [6.07, 6.45) is -4.75. The van der Waals surface area contributed by atoms with Crippen LogP contribution in [0.15, 0.2) is 27.8 Å². The number of hydrogen-bond donors (Lipinski definition) is 0. The summed E-state index contributed by atoms with van der Waals surface area (Å²) < 4.78 is 55.2. The Bertz CT molecular complexity index is 1100. The van der Waals surface area contributed by atoms with E-state index >= 15 is 0 Å². The van der Waals surface area contributed by atoms with Gasteiger partial charge in [0, 0.05) is 25.2 Å². The van der Waals surface area contributed by atoms with E-state index in [1.165, 1.54) is 10.6 Å². The van der Waals surface area contributed by atoms with Gasteiger partial charge in [-0.25, -0.2) is 4.39 Å². The van der Waals surface area contributed by atoms with Crippen LogP contribution in [0.5, 0.6) is 0 Å². The number of nitrogens with zero attached hydrogens (tertiary/aromatic N) is 3. The Morgan fingerprint density at radius 3 is 2.48 bits per heavy atom. The Hall–Kier alpha value is -2.49. The topological polar surface area (TPSA) is 56.9 Å². The Morgan fingerprint density at radius 1 is 1.20 bits per heavy atom. The molecular formula is C15H11F4N3O2S. The number of aryl methyl sites for hydroxylation is 2. The van der Waals surface area contributed by atoms with Gasteiger partial charge in [-0.3, -0.25) is 18.8 Å². The fraction of sp³-hybridized carbons (Fsp3) is 0.267. The van der Waals surface area contributed by atoms with Crippen molar-refractivity contribution in [3.63, 3.8) is 0 Å². The highest BCUT2D eigenvalue weighted by Crippen LogP contribution is 2.30. The van der Waals surface area contributed by atoms with Gasteiger partial charge in [0.05, 0.1) is 10.2 Å². The molecule has 2 heterocycles. The molecule has 3 aromatic rings. The summed E-state index contributed by atoms with van der Waals surface area (Å²) in [6.45, 7) is 2.06. The third-order valence-electron chi connectivity index (χ3n) is 3.72. The normalized spacial score (nSPS) is 12.1. The Kier molecular flexibility index (Phi) is 4.02. The number of rotatable bonds is 2. The maximum Gasteiger partial charge on any atom is 0.433 e. The first-order chi connectivity index (χ1) is 11.6. The van der Waals surface area contributed by atoms with Gasteiger partial charge in [-0.15, -0.1) is 0 Å².